The van der Waals surface area contributed by atoms with Crippen LogP contribution in [0.25, 0.3) is 0 Å². The first-order valence-corrected chi connectivity index (χ1v) is 9.27. The maximum Gasteiger partial charge on any atom is 0.243 e. The van der Waals surface area contributed by atoms with E-state index in [1.165, 1.54) is 16.4 Å². The average Bonchev–Trinajstić information content (AvgIpc) is 2.89. The zero-order valence-corrected chi connectivity index (χ0v) is 14.4. The van der Waals surface area contributed by atoms with Gasteiger partial charge in [0.2, 0.25) is 10.0 Å². The van der Waals surface area contributed by atoms with Crippen molar-refractivity contribution in [1.82, 2.24) is 4.31 Å². The van der Waals surface area contributed by atoms with E-state index in [4.69, 9.17) is 21.1 Å². The smallest absolute Gasteiger partial charge is 0.243 e. The summed E-state index contributed by atoms with van der Waals surface area (Å²) >= 11 is 9.18. The maximum atomic E-state index is 12.7. The molecule has 2 aliphatic heterocycles. The topological polar surface area (TPSA) is 55.8 Å². The Bertz CT molecular complexity index is 646. The number of halogens is 2. The summed E-state index contributed by atoms with van der Waals surface area (Å²) in [5.41, 5.74) is 0. The summed E-state index contributed by atoms with van der Waals surface area (Å²) in [6.07, 6.45) is 1.44. The second kappa shape index (κ2) is 5.79. The molecule has 0 N–H and O–H groups in total. The zero-order valence-electron chi connectivity index (χ0n) is 11.2. The molecule has 21 heavy (non-hydrogen) atoms. The summed E-state index contributed by atoms with van der Waals surface area (Å²) in [5, 5.41) is 0.478. The van der Waals surface area contributed by atoms with Gasteiger partial charge in [-0.3, -0.25) is 0 Å². The van der Waals surface area contributed by atoms with Gasteiger partial charge in [-0.15, -0.1) is 0 Å². The first-order chi connectivity index (χ1) is 9.93. The van der Waals surface area contributed by atoms with Gasteiger partial charge >= 0.3 is 0 Å². The molecule has 1 aromatic carbocycles. The van der Waals surface area contributed by atoms with Crippen molar-refractivity contribution in [2.75, 3.05) is 26.3 Å². The van der Waals surface area contributed by atoms with Gasteiger partial charge in [0.25, 0.3) is 0 Å². The molecule has 8 heteroatoms. The van der Waals surface area contributed by atoms with Crippen molar-refractivity contribution in [3.05, 3.63) is 27.7 Å². The molecule has 0 saturated carbocycles. The molecule has 0 radical (unpaired) electrons. The lowest BCUT2D eigenvalue weighted by atomic mass is 10.1. The van der Waals surface area contributed by atoms with Crippen LogP contribution >= 0.6 is 27.5 Å². The van der Waals surface area contributed by atoms with Gasteiger partial charge in [0.1, 0.15) is 0 Å². The second-order valence-electron chi connectivity index (χ2n) is 5.13. The Labute approximate surface area is 137 Å². The summed E-state index contributed by atoms with van der Waals surface area (Å²) in [7, 11) is -3.58. The number of piperidine rings is 1. The van der Waals surface area contributed by atoms with Gasteiger partial charge in [0.05, 0.1) is 29.7 Å². The van der Waals surface area contributed by atoms with Crippen LogP contribution in [0.15, 0.2) is 27.6 Å². The van der Waals surface area contributed by atoms with Gasteiger partial charge in [0.15, 0.2) is 5.79 Å². The standard InChI is InChI=1S/C13H15BrClNO4S/c14-11-8-10(2-3-12(11)15)21(17,18)16-5-1-4-13(9-16)19-6-7-20-13/h2-3,8H,1,4-7,9H2. The Morgan fingerprint density at radius 1 is 1.29 bits per heavy atom. The van der Waals surface area contributed by atoms with Gasteiger partial charge < -0.3 is 9.47 Å². The van der Waals surface area contributed by atoms with Crippen molar-refractivity contribution >= 4 is 37.6 Å². The fourth-order valence-corrected chi connectivity index (χ4v) is 4.86. The first-order valence-electron chi connectivity index (χ1n) is 6.66. The Morgan fingerprint density at radius 3 is 2.67 bits per heavy atom. The molecule has 0 aromatic heterocycles. The molecule has 0 amide bonds. The molecule has 2 heterocycles. The summed E-state index contributed by atoms with van der Waals surface area (Å²) in [6.45, 7) is 1.73. The van der Waals surface area contributed by atoms with E-state index in [2.05, 4.69) is 15.9 Å². The normalized spacial score (nSPS) is 22.8. The van der Waals surface area contributed by atoms with Crippen LogP contribution in [0.5, 0.6) is 0 Å². The highest BCUT2D eigenvalue weighted by Gasteiger charge is 2.44. The van der Waals surface area contributed by atoms with Gasteiger partial charge in [0, 0.05) is 17.4 Å². The van der Waals surface area contributed by atoms with Crippen molar-refractivity contribution in [2.45, 2.75) is 23.5 Å². The minimum Gasteiger partial charge on any atom is -0.346 e. The SMILES string of the molecule is O=S(=O)(c1ccc(Cl)c(Br)c1)N1CCCC2(C1)OCCO2. The molecule has 2 fully saturated rings. The Hall–Kier alpha value is -0.180. The van der Waals surface area contributed by atoms with Gasteiger partial charge in [-0.2, -0.15) is 4.31 Å². The number of benzene rings is 1. The predicted molar refractivity (Wildman–Crippen MR) is 81.8 cm³/mol. The van der Waals surface area contributed by atoms with Crippen LogP contribution in [0.1, 0.15) is 12.8 Å². The monoisotopic (exact) mass is 395 g/mol. The molecule has 1 spiro atoms. The number of hydrogen-bond acceptors (Lipinski definition) is 4. The third kappa shape index (κ3) is 3.00. The van der Waals surface area contributed by atoms with Crippen molar-refractivity contribution in [3.8, 4) is 0 Å². The molecule has 1 aromatic rings. The number of rotatable bonds is 2. The lowest BCUT2D eigenvalue weighted by Crippen LogP contribution is -2.50. The van der Waals surface area contributed by atoms with E-state index in [0.29, 0.717) is 35.7 Å². The fraction of sp³-hybridized carbons (Fsp3) is 0.538. The minimum absolute atomic E-state index is 0.217. The highest BCUT2D eigenvalue weighted by molar-refractivity contribution is 9.10. The van der Waals surface area contributed by atoms with Gasteiger partial charge in [-0.25, -0.2) is 8.42 Å². The van der Waals surface area contributed by atoms with Crippen LogP contribution in [-0.4, -0.2) is 44.8 Å². The maximum absolute atomic E-state index is 12.7. The van der Waals surface area contributed by atoms with E-state index in [1.807, 2.05) is 0 Å². The molecule has 2 saturated heterocycles. The molecule has 0 atom stereocenters. The summed E-state index contributed by atoms with van der Waals surface area (Å²) in [4.78, 5) is 0.217. The van der Waals surface area contributed by atoms with E-state index in [0.717, 1.165) is 6.42 Å². The lowest BCUT2D eigenvalue weighted by molar-refractivity contribution is -0.179. The van der Waals surface area contributed by atoms with Crippen LogP contribution in [0.4, 0.5) is 0 Å². The summed E-state index contributed by atoms with van der Waals surface area (Å²) < 4.78 is 38.7. The van der Waals surface area contributed by atoms with Gasteiger partial charge in [-0.05, 0) is 40.5 Å². The lowest BCUT2D eigenvalue weighted by Gasteiger charge is -2.37. The van der Waals surface area contributed by atoms with E-state index < -0.39 is 15.8 Å². The van der Waals surface area contributed by atoms with Crippen LogP contribution in [0, 0.1) is 0 Å². The number of hydrogen-bond donors (Lipinski definition) is 0. The molecular weight excluding hydrogens is 382 g/mol. The highest BCUT2D eigenvalue weighted by Crippen LogP contribution is 2.34. The molecule has 0 bridgehead atoms. The van der Waals surface area contributed by atoms with Crippen LogP contribution in [-0.2, 0) is 19.5 Å². The van der Waals surface area contributed by atoms with E-state index in [9.17, 15) is 8.42 Å². The Morgan fingerprint density at radius 2 is 2.00 bits per heavy atom. The second-order valence-corrected chi connectivity index (χ2v) is 8.33. The average molecular weight is 397 g/mol. The number of sulfonamides is 1. The molecule has 116 valence electrons. The molecule has 0 unspecified atom stereocenters. The Kier molecular flexibility index (Phi) is 4.33. The van der Waals surface area contributed by atoms with E-state index in [-0.39, 0.29) is 11.4 Å². The largest absolute Gasteiger partial charge is 0.346 e. The van der Waals surface area contributed by atoms with Crippen LogP contribution < -0.4 is 0 Å². The van der Waals surface area contributed by atoms with Crippen molar-refractivity contribution in [2.24, 2.45) is 0 Å². The van der Waals surface area contributed by atoms with Crippen LogP contribution in [0.2, 0.25) is 5.02 Å². The van der Waals surface area contributed by atoms with E-state index >= 15 is 0 Å². The molecule has 0 aliphatic carbocycles. The fourth-order valence-electron chi connectivity index (χ4n) is 2.68. The zero-order chi connectivity index (χ0) is 15.1. The van der Waals surface area contributed by atoms with Crippen LogP contribution in [0.3, 0.4) is 0 Å². The molecular formula is C13H15BrClNO4S. The summed E-state index contributed by atoms with van der Waals surface area (Å²) in [6, 6.07) is 4.61. The predicted octanol–water partition coefficient (Wildman–Crippen LogP) is 2.63. The quantitative estimate of drug-likeness (QED) is 0.771. The third-order valence-corrected chi connectivity index (χ3v) is 6.78. The third-order valence-electron chi connectivity index (χ3n) is 3.72. The summed E-state index contributed by atoms with van der Waals surface area (Å²) in [5.74, 6) is -0.769. The van der Waals surface area contributed by atoms with Crippen molar-refractivity contribution in [1.29, 1.82) is 0 Å². The highest BCUT2D eigenvalue weighted by atomic mass is 79.9. The number of ether oxygens (including phenoxy) is 2. The first kappa shape index (κ1) is 15.7. The number of nitrogens with zero attached hydrogens (tertiary/aromatic N) is 1. The van der Waals surface area contributed by atoms with Gasteiger partial charge in [-0.1, -0.05) is 11.6 Å². The van der Waals surface area contributed by atoms with E-state index in [1.54, 1.807) is 6.07 Å². The molecule has 3 rings (SSSR count). The van der Waals surface area contributed by atoms with Crippen molar-refractivity contribution in [3.63, 3.8) is 0 Å². The molecule has 2 aliphatic rings. The van der Waals surface area contributed by atoms with Crippen molar-refractivity contribution < 1.29 is 17.9 Å². The molecule has 5 nitrogen and oxygen atoms in total. The minimum atomic E-state index is -3.58. The Balaban J connectivity index is 1.88.